The number of ether oxygens (including phenoxy) is 1. The van der Waals surface area contributed by atoms with Crippen LogP contribution in [0.5, 0.6) is 0 Å². The standard InChI is InChI=1S/C18H20FN3O3/c19-14-5-3-13(4-6-14)16(22-8-10-25-11-9-22)12-21-18(24)15-2-1-7-20-17(15)23/h1-7,16H,8-12H2,(H,20,23)(H,21,24). The van der Waals surface area contributed by atoms with Crippen molar-refractivity contribution in [2.24, 2.45) is 0 Å². The van der Waals surface area contributed by atoms with Crippen LogP contribution in [-0.2, 0) is 4.74 Å². The molecule has 2 aromatic rings. The predicted molar refractivity (Wildman–Crippen MR) is 90.9 cm³/mol. The molecule has 1 amide bonds. The number of rotatable bonds is 5. The molecular weight excluding hydrogens is 325 g/mol. The van der Waals surface area contributed by atoms with Gasteiger partial charge in [-0.15, -0.1) is 0 Å². The highest BCUT2D eigenvalue weighted by molar-refractivity contribution is 5.93. The van der Waals surface area contributed by atoms with Gasteiger partial charge in [-0.05, 0) is 29.8 Å². The van der Waals surface area contributed by atoms with E-state index < -0.39 is 11.5 Å². The van der Waals surface area contributed by atoms with E-state index in [2.05, 4.69) is 15.2 Å². The van der Waals surface area contributed by atoms with E-state index in [-0.39, 0.29) is 17.4 Å². The van der Waals surface area contributed by atoms with E-state index >= 15 is 0 Å². The molecule has 1 aliphatic heterocycles. The Hall–Kier alpha value is -2.51. The minimum absolute atomic E-state index is 0.0716. The number of aromatic amines is 1. The molecule has 0 radical (unpaired) electrons. The van der Waals surface area contributed by atoms with Crippen molar-refractivity contribution < 1.29 is 13.9 Å². The van der Waals surface area contributed by atoms with Gasteiger partial charge in [-0.25, -0.2) is 4.39 Å². The minimum atomic E-state index is -0.428. The van der Waals surface area contributed by atoms with E-state index in [1.165, 1.54) is 24.4 Å². The van der Waals surface area contributed by atoms with Crippen LogP contribution >= 0.6 is 0 Å². The second-order valence-electron chi connectivity index (χ2n) is 5.84. The van der Waals surface area contributed by atoms with E-state index in [1.54, 1.807) is 18.2 Å². The molecule has 0 bridgehead atoms. The van der Waals surface area contributed by atoms with E-state index in [1.807, 2.05) is 0 Å². The van der Waals surface area contributed by atoms with E-state index in [0.717, 1.165) is 18.7 Å². The van der Waals surface area contributed by atoms with Gasteiger partial charge in [0.1, 0.15) is 11.4 Å². The Morgan fingerprint density at radius 3 is 2.64 bits per heavy atom. The molecule has 1 unspecified atom stereocenters. The van der Waals surface area contributed by atoms with E-state index in [0.29, 0.717) is 19.8 Å². The molecule has 1 aromatic carbocycles. The molecule has 0 aliphatic carbocycles. The van der Waals surface area contributed by atoms with Gasteiger partial charge in [0.25, 0.3) is 11.5 Å². The Labute approximate surface area is 144 Å². The van der Waals surface area contributed by atoms with Crippen LogP contribution in [0.2, 0.25) is 0 Å². The summed E-state index contributed by atoms with van der Waals surface area (Å²) in [6, 6.07) is 9.23. The van der Waals surface area contributed by atoms with E-state index in [4.69, 9.17) is 4.74 Å². The molecular formula is C18H20FN3O3. The van der Waals surface area contributed by atoms with Crippen molar-refractivity contribution >= 4 is 5.91 Å². The number of hydrogen-bond acceptors (Lipinski definition) is 4. The van der Waals surface area contributed by atoms with Gasteiger partial charge in [0.2, 0.25) is 0 Å². The Morgan fingerprint density at radius 1 is 1.24 bits per heavy atom. The highest BCUT2D eigenvalue weighted by Crippen LogP contribution is 2.21. The second kappa shape index (κ2) is 8.04. The number of amides is 1. The predicted octanol–water partition coefficient (Wildman–Crippen LogP) is 1.32. The highest BCUT2D eigenvalue weighted by Gasteiger charge is 2.23. The summed E-state index contributed by atoms with van der Waals surface area (Å²) in [7, 11) is 0. The van der Waals surface area contributed by atoms with Crippen molar-refractivity contribution in [3.05, 3.63) is 69.9 Å². The monoisotopic (exact) mass is 345 g/mol. The lowest BCUT2D eigenvalue weighted by molar-refractivity contribution is 0.0162. The van der Waals surface area contributed by atoms with Crippen LogP contribution in [0.4, 0.5) is 4.39 Å². The number of morpholine rings is 1. The fourth-order valence-corrected chi connectivity index (χ4v) is 2.92. The quantitative estimate of drug-likeness (QED) is 0.857. The SMILES string of the molecule is O=C(NCC(c1ccc(F)cc1)N1CCOCC1)c1ccc[nH]c1=O. The lowest BCUT2D eigenvalue weighted by Gasteiger charge is -2.34. The van der Waals surface area contributed by atoms with Gasteiger partial charge >= 0.3 is 0 Å². The number of H-pyrrole nitrogens is 1. The van der Waals surface area contributed by atoms with Crippen LogP contribution in [0, 0.1) is 5.82 Å². The smallest absolute Gasteiger partial charge is 0.260 e. The summed E-state index contributed by atoms with van der Waals surface area (Å²) in [4.78, 5) is 28.7. The van der Waals surface area contributed by atoms with Crippen LogP contribution in [-0.4, -0.2) is 48.6 Å². The maximum atomic E-state index is 13.2. The average molecular weight is 345 g/mol. The zero-order valence-electron chi connectivity index (χ0n) is 13.7. The molecule has 3 rings (SSSR count). The fraction of sp³-hybridized carbons (Fsp3) is 0.333. The molecule has 2 heterocycles. The van der Waals surface area contributed by atoms with Gasteiger partial charge in [-0.3, -0.25) is 14.5 Å². The summed E-state index contributed by atoms with van der Waals surface area (Å²) in [5, 5.41) is 2.82. The number of hydrogen-bond donors (Lipinski definition) is 2. The molecule has 25 heavy (non-hydrogen) atoms. The van der Waals surface area contributed by atoms with Crippen LogP contribution in [0.15, 0.2) is 47.4 Å². The maximum Gasteiger partial charge on any atom is 0.260 e. The van der Waals surface area contributed by atoms with Crippen LogP contribution in [0.3, 0.4) is 0 Å². The molecule has 1 aromatic heterocycles. The topological polar surface area (TPSA) is 74.4 Å². The third kappa shape index (κ3) is 4.32. The first-order valence-corrected chi connectivity index (χ1v) is 8.18. The average Bonchev–Trinajstić information content (AvgIpc) is 2.64. The molecule has 1 aliphatic rings. The van der Waals surface area contributed by atoms with Gasteiger partial charge in [0.05, 0.1) is 19.3 Å². The molecule has 7 heteroatoms. The van der Waals surface area contributed by atoms with Crippen molar-refractivity contribution in [3.8, 4) is 0 Å². The summed E-state index contributed by atoms with van der Waals surface area (Å²) >= 11 is 0. The normalized spacial score (nSPS) is 16.4. The van der Waals surface area contributed by atoms with Crippen LogP contribution in [0.1, 0.15) is 22.0 Å². The van der Waals surface area contributed by atoms with Crippen molar-refractivity contribution in [2.75, 3.05) is 32.8 Å². The summed E-state index contributed by atoms with van der Waals surface area (Å²) < 4.78 is 18.6. The summed E-state index contributed by atoms with van der Waals surface area (Å²) in [5.41, 5.74) is 0.553. The lowest BCUT2D eigenvalue weighted by atomic mass is 10.0. The largest absolute Gasteiger partial charge is 0.379 e. The molecule has 132 valence electrons. The fourth-order valence-electron chi connectivity index (χ4n) is 2.92. The molecule has 1 saturated heterocycles. The molecule has 0 saturated carbocycles. The van der Waals surface area contributed by atoms with E-state index in [9.17, 15) is 14.0 Å². The number of aromatic nitrogens is 1. The molecule has 0 spiro atoms. The summed E-state index contributed by atoms with van der Waals surface area (Å²) in [5.74, 6) is -0.730. The Bertz CT molecular complexity index is 770. The first-order valence-electron chi connectivity index (χ1n) is 8.18. The minimum Gasteiger partial charge on any atom is -0.379 e. The highest BCUT2D eigenvalue weighted by atomic mass is 19.1. The van der Waals surface area contributed by atoms with Gasteiger partial charge in [-0.2, -0.15) is 0 Å². The zero-order chi connectivity index (χ0) is 17.6. The first kappa shape index (κ1) is 17.3. The number of benzene rings is 1. The molecule has 2 N–H and O–H groups in total. The number of nitrogens with zero attached hydrogens (tertiary/aromatic N) is 1. The van der Waals surface area contributed by atoms with Crippen molar-refractivity contribution in [2.45, 2.75) is 6.04 Å². The Kier molecular flexibility index (Phi) is 5.57. The van der Waals surface area contributed by atoms with Crippen molar-refractivity contribution in [1.82, 2.24) is 15.2 Å². The van der Waals surface area contributed by atoms with Crippen molar-refractivity contribution in [1.29, 1.82) is 0 Å². The summed E-state index contributed by atoms with van der Waals surface area (Å²) in [6.45, 7) is 3.00. The van der Waals surface area contributed by atoms with Crippen LogP contribution in [0.25, 0.3) is 0 Å². The molecule has 6 nitrogen and oxygen atoms in total. The maximum absolute atomic E-state index is 13.2. The molecule has 1 atom stereocenters. The Morgan fingerprint density at radius 2 is 1.96 bits per heavy atom. The number of nitrogens with one attached hydrogen (secondary N) is 2. The van der Waals surface area contributed by atoms with Gasteiger partial charge < -0.3 is 15.0 Å². The van der Waals surface area contributed by atoms with Crippen LogP contribution < -0.4 is 10.9 Å². The lowest BCUT2D eigenvalue weighted by Crippen LogP contribution is -2.44. The Balaban J connectivity index is 1.75. The number of carbonyl (C=O) groups is 1. The first-order chi connectivity index (χ1) is 12.1. The zero-order valence-corrected chi connectivity index (χ0v) is 13.7. The third-order valence-corrected chi connectivity index (χ3v) is 4.26. The number of pyridine rings is 1. The number of carbonyl (C=O) groups excluding carboxylic acids is 1. The molecule has 1 fully saturated rings. The van der Waals surface area contributed by atoms with Gasteiger partial charge in [0.15, 0.2) is 0 Å². The second-order valence-corrected chi connectivity index (χ2v) is 5.84. The van der Waals surface area contributed by atoms with Crippen molar-refractivity contribution in [3.63, 3.8) is 0 Å². The number of halogens is 1. The van der Waals surface area contributed by atoms with Gasteiger partial charge in [0, 0.05) is 25.8 Å². The third-order valence-electron chi connectivity index (χ3n) is 4.26. The summed E-state index contributed by atoms with van der Waals surface area (Å²) in [6.07, 6.45) is 1.48. The van der Waals surface area contributed by atoms with Gasteiger partial charge in [-0.1, -0.05) is 12.1 Å².